The summed E-state index contributed by atoms with van der Waals surface area (Å²) >= 11 is 0. The Morgan fingerprint density at radius 1 is 1.12 bits per heavy atom. The van der Waals surface area contributed by atoms with Crippen molar-refractivity contribution < 1.29 is 4.79 Å². The van der Waals surface area contributed by atoms with E-state index < -0.39 is 0 Å². The van der Waals surface area contributed by atoms with Crippen LogP contribution in [0.25, 0.3) is 0 Å². The SMILES string of the molecule is O=C(N[C@H]1CCCNC1)C(C1CC1)C1CC1. The van der Waals surface area contributed by atoms with E-state index in [4.69, 9.17) is 0 Å². The summed E-state index contributed by atoms with van der Waals surface area (Å²) in [5.41, 5.74) is 0. The molecule has 0 bridgehead atoms. The van der Waals surface area contributed by atoms with Gasteiger partial charge in [-0.25, -0.2) is 0 Å². The van der Waals surface area contributed by atoms with E-state index in [1.165, 1.54) is 32.1 Å². The first-order valence-corrected chi connectivity index (χ1v) is 6.85. The van der Waals surface area contributed by atoms with Crippen LogP contribution in [0.4, 0.5) is 0 Å². The van der Waals surface area contributed by atoms with Gasteiger partial charge >= 0.3 is 0 Å². The number of nitrogens with one attached hydrogen (secondary N) is 2. The Bertz CT molecular complexity index is 253. The van der Waals surface area contributed by atoms with Crippen molar-refractivity contribution in [2.24, 2.45) is 17.8 Å². The zero-order valence-electron chi connectivity index (χ0n) is 9.87. The van der Waals surface area contributed by atoms with Crippen LogP contribution in [0.3, 0.4) is 0 Å². The largest absolute Gasteiger partial charge is 0.352 e. The first kappa shape index (κ1) is 10.6. The second-order valence-corrected chi connectivity index (χ2v) is 5.75. The first-order valence-electron chi connectivity index (χ1n) is 6.85. The normalized spacial score (nSPS) is 30.4. The predicted octanol–water partition coefficient (Wildman–Crippen LogP) is 1.29. The summed E-state index contributed by atoms with van der Waals surface area (Å²) in [6.45, 7) is 2.08. The summed E-state index contributed by atoms with van der Waals surface area (Å²) in [5.74, 6) is 2.17. The Hall–Kier alpha value is -0.570. The van der Waals surface area contributed by atoms with Crippen LogP contribution < -0.4 is 10.6 Å². The second-order valence-electron chi connectivity index (χ2n) is 5.75. The van der Waals surface area contributed by atoms with Crippen molar-refractivity contribution in [1.82, 2.24) is 10.6 Å². The van der Waals surface area contributed by atoms with Gasteiger partial charge in [-0.2, -0.15) is 0 Å². The number of piperidine rings is 1. The topological polar surface area (TPSA) is 41.1 Å². The summed E-state index contributed by atoms with van der Waals surface area (Å²) < 4.78 is 0. The maximum absolute atomic E-state index is 12.2. The molecule has 3 rings (SSSR count). The summed E-state index contributed by atoms with van der Waals surface area (Å²) in [6.07, 6.45) is 7.51. The maximum Gasteiger partial charge on any atom is 0.223 e. The summed E-state index contributed by atoms with van der Waals surface area (Å²) in [4.78, 5) is 12.2. The van der Waals surface area contributed by atoms with Crippen LogP contribution in [0.2, 0.25) is 0 Å². The second kappa shape index (κ2) is 4.36. The zero-order valence-corrected chi connectivity index (χ0v) is 9.87. The molecule has 3 fully saturated rings. The Balaban J connectivity index is 1.53. The van der Waals surface area contributed by atoms with Crippen molar-refractivity contribution in [2.45, 2.75) is 44.6 Å². The van der Waals surface area contributed by atoms with Gasteiger partial charge in [0.15, 0.2) is 0 Å². The molecule has 1 atom stereocenters. The molecule has 0 spiro atoms. The fourth-order valence-corrected chi connectivity index (χ4v) is 3.00. The molecule has 1 heterocycles. The van der Waals surface area contributed by atoms with Crippen molar-refractivity contribution in [1.29, 1.82) is 0 Å². The van der Waals surface area contributed by atoms with Crippen LogP contribution in [0.15, 0.2) is 0 Å². The summed E-state index contributed by atoms with van der Waals surface area (Å²) in [7, 11) is 0. The molecule has 3 nitrogen and oxygen atoms in total. The number of hydrogen-bond donors (Lipinski definition) is 2. The highest BCUT2D eigenvalue weighted by molar-refractivity contribution is 5.80. The third-order valence-electron chi connectivity index (χ3n) is 4.21. The van der Waals surface area contributed by atoms with Gasteiger partial charge in [0.2, 0.25) is 5.91 Å². The highest BCUT2D eigenvalue weighted by Crippen LogP contribution is 2.49. The molecule has 0 aromatic carbocycles. The molecule has 0 radical (unpaired) electrons. The molecular formula is C13H22N2O. The molecule has 1 amide bonds. The number of carbonyl (C=O) groups excluding carboxylic acids is 1. The molecule has 1 saturated heterocycles. The maximum atomic E-state index is 12.2. The van der Waals surface area contributed by atoms with Crippen molar-refractivity contribution in [3.63, 3.8) is 0 Å². The van der Waals surface area contributed by atoms with Crippen molar-refractivity contribution >= 4 is 5.91 Å². The Morgan fingerprint density at radius 3 is 2.31 bits per heavy atom. The molecule has 2 N–H and O–H groups in total. The molecule has 2 aliphatic carbocycles. The zero-order chi connectivity index (χ0) is 11.0. The van der Waals surface area contributed by atoms with Gasteiger partial charge in [0.1, 0.15) is 0 Å². The third kappa shape index (κ3) is 2.40. The number of hydrogen-bond acceptors (Lipinski definition) is 2. The van der Waals surface area contributed by atoms with E-state index >= 15 is 0 Å². The van der Waals surface area contributed by atoms with Gasteiger partial charge in [0.05, 0.1) is 0 Å². The van der Waals surface area contributed by atoms with Gasteiger partial charge in [-0.3, -0.25) is 4.79 Å². The van der Waals surface area contributed by atoms with E-state index in [1.54, 1.807) is 0 Å². The van der Waals surface area contributed by atoms with Gasteiger partial charge in [-0.15, -0.1) is 0 Å². The molecular weight excluding hydrogens is 200 g/mol. The highest BCUT2D eigenvalue weighted by Gasteiger charge is 2.45. The van der Waals surface area contributed by atoms with Gasteiger partial charge < -0.3 is 10.6 Å². The van der Waals surface area contributed by atoms with E-state index in [9.17, 15) is 4.79 Å². The minimum absolute atomic E-state index is 0.360. The van der Waals surface area contributed by atoms with Crippen LogP contribution in [0.1, 0.15) is 38.5 Å². The molecule has 1 aliphatic heterocycles. The smallest absolute Gasteiger partial charge is 0.223 e. The van der Waals surface area contributed by atoms with Gasteiger partial charge in [-0.1, -0.05) is 0 Å². The van der Waals surface area contributed by atoms with Crippen LogP contribution in [0.5, 0.6) is 0 Å². The molecule has 0 aromatic rings. The van der Waals surface area contributed by atoms with Crippen molar-refractivity contribution in [2.75, 3.05) is 13.1 Å². The van der Waals surface area contributed by atoms with Crippen LogP contribution in [-0.4, -0.2) is 25.0 Å². The minimum Gasteiger partial charge on any atom is -0.352 e. The van der Waals surface area contributed by atoms with Gasteiger partial charge in [-0.05, 0) is 56.9 Å². The van der Waals surface area contributed by atoms with E-state index in [2.05, 4.69) is 10.6 Å². The average Bonchev–Trinajstić information content (AvgIpc) is 3.13. The molecule has 3 aliphatic rings. The molecule has 3 heteroatoms. The fourth-order valence-electron chi connectivity index (χ4n) is 3.00. The quantitative estimate of drug-likeness (QED) is 0.752. The van der Waals surface area contributed by atoms with Crippen molar-refractivity contribution in [3.8, 4) is 0 Å². The van der Waals surface area contributed by atoms with E-state index in [0.717, 1.165) is 31.3 Å². The lowest BCUT2D eigenvalue weighted by Crippen LogP contribution is -2.48. The predicted molar refractivity (Wildman–Crippen MR) is 63.0 cm³/mol. The number of rotatable bonds is 4. The Morgan fingerprint density at radius 2 is 1.81 bits per heavy atom. The van der Waals surface area contributed by atoms with Crippen LogP contribution in [0, 0.1) is 17.8 Å². The fraction of sp³-hybridized carbons (Fsp3) is 0.923. The number of carbonyl (C=O) groups is 1. The lowest BCUT2D eigenvalue weighted by atomic mass is 9.96. The Labute approximate surface area is 97.4 Å². The standard InChI is InChI=1S/C13H22N2O/c16-13(15-11-2-1-7-14-8-11)12(9-3-4-9)10-5-6-10/h9-12,14H,1-8H2,(H,15,16)/t11-/m0/s1. The lowest BCUT2D eigenvalue weighted by molar-refractivity contribution is -0.127. The molecule has 0 aromatic heterocycles. The van der Waals surface area contributed by atoms with E-state index in [-0.39, 0.29) is 0 Å². The first-order chi connectivity index (χ1) is 7.84. The molecule has 16 heavy (non-hydrogen) atoms. The monoisotopic (exact) mass is 222 g/mol. The van der Waals surface area contributed by atoms with Crippen LogP contribution in [-0.2, 0) is 4.79 Å². The highest BCUT2D eigenvalue weighted by atomic mass is 16.2. The number of amides is 1. The van der Waals surface area contributed by atoms with Crippen molar-refractivity contribution in [3.05, 3.63) is 0 Å². The lowest BCUT2D eigenvalue weighted by Gasteiger charge is -2.26. The summed E-state index contributed by atoms with van der Waals surface area (Å²) in [5, 5.41) is 6.61. The summed E-state index contributed by atoms with van der Waals surface area (Å²) in [6, 6.07) is 0.390. The Kier molecular flexibility index (Phi) is 2.88. The molecule has 90 valence electrons. The molecule has 2 saturated carbocycles. The average molecular weight is 222 g/mol. The van der Waals surface area contributed by atoms with E-state index in [0.29, 0.717) is 17.9 Å². The molecule has 0 unspecified atom stereocenters. The van der Waals surface area contributed by atoms with Crippen LogP contribution >= 0.6 is 0 Å². The van der Waals surface area contributed by atoms with Gasteiger partial charge in [0.25, 0.3) is 0 Å². The van der Waals surface area contributed by atoms with E-state index in [1.807, 2.05) is 0 Å². The van der Waals surface area contributed by atoms with Gasteiger partial charge in [0, 0.05) is 18.5 Å². The third-order valence-corrected chi connectivity index (χ3v) is 4.21. The minimum atomic E-state index is 0.360.